The molecule has 2 nitrogen and oxygen atoms in total. The van der Waals surface area contributed by atoms with Crippen molar-refractivity contribution in [2.24, 2.45) is 0 Å². The fourth-order valence-corrected chi connectivity index (χ4v) is 8.66. The molecule has 0 spiro atoms. The van der Waals surface area contributed by atoms with Crippen LogP contribution >= 0.6 is 0 Å². The molecule has 0 N–H and O–H groups in total. The van der Waals surface area contributed by atoms with Gasteiger partial charge in [-0.1, -0.05) is 173 Å². The first-order chi connectivity index (χ1) is 28.9. The van der Waals surface area contributed by atoms with Gasteiger partial charge in [0.1, 0.15) is 0 Å². The van der Waals surface area contributed by atoms with Crippen molar-refractivity contribution in [2.45, 2.75) is 19.3 Å². The molecular formula is C57H46N2. The summed E-state index contributed by atoms with van der Waals surface area (Å²) < 4.78 is 0. The van der Waals surface area contributed by atoms with Crippen molar-refractivity contribution in [3.05, 3.63) is 248 Å². The molecule has 1 aliphatic rings. The molecule has 8 aromatic carbocycles. The maximum Gasteiger partial charge on any atom is 0.0468 e. The molecule has 59 heavy (non-hydrogen) atoms. The first-order valence-corrected chi connectivity index (χ1v) is 20.2. The smallest absolute Gasteiger partial charge is 0.0468 e. The Hall–Kier alpha value is -7.42. The van der Waals surface area contributed by atoms with E-state index in [1.165, 1.54) is 27.8 Å². The first-order valence-electron chi connectivity index (χ1n) is 20.2. The second kappa shape index (κ2) is 15.8. The molecule has 2 heteroatoms. The largest absolute Gasteiger partial charge is 0.311 e. The summed E-state index contributed by atoms with van der Waals surface area (Å²) in [6.45, 7) is 12.7. The number of hydrogen-bond acceptors (Lipinski definition) is 2. The average Bonchev–Trinajstić information content (AvgIpc) is 3.52. The van der Waals surface area contributed by atoms with Gasteiger partial charge < -0.3 is 9.80 Å². The molecule has 0 heterocycles. The minimum atomic E-state index is -0.131. The van der Waals surface area contributed by atoms with Gasteiger partial charge in [-0.3, -0.25) is 0 Å². The highest BCUT2D eigenvalue weighted by molar-refractivity contribution is 5.91. The van der Waals surface area contributed by atoms with E-state index in [0.717, 1.165) is 62.0 Å². The first kappa shape index (κ1) is 37.2. The number of hydrogen-bond donors (Lipinski definition) is 0. The van der Waals surface area contributed by atoms with E-state index in [-0.39, 0.29) is 5.41 Å². The van der Waals surface area contributed by atoms with Crippen molar-refractivity contribution < 1.29 is 0 Å². The van der Waals surface area contributed by atoms with Gasteiger partial charge in [0.05, 0.1) is 0 Å². The number of allylic oxidation sites excluding steroid dienone is 4. The van der Waals surface area contributed by atoms with E-state index in [1.54, 1.807) is 0 Å². The topological polar surface area (TPSA) is 6.48 Å². The third-order valence-corrected chi connectivity index (χ3v) is 11.6. The van der Waals surface area contributed by atoms with Gasteiger partial charge in [-0.05, 0) is 128 Å². The highest BCUT2D eigenvalue weighted by Gasteiger charge is 2.35. The van der Waals surface area contributed by atoms with Crippen molar-refractivity contribution in [2.75, 3.05) is 9.80 Å². The number of rotatable bonds is 11. The van der Waals surface area contributed by atoms with Gasteiger partial charge in [-0.25, -0.2) is 0 Å². The quantitative estimate of drug-likeness (QED) is 0.121. The zero-order chi connectivity index (χ0) is 40.3. The van der Waals surface area contributed by atoms with E-state index < -0.39 is 0 Å². The Bertz CT molecular complexity index is 2760. The van der Waals surface area contributed by atoms with Crippen molar-refractivity contribution in [1.29, 1.82) is 0 Å². The fourth-order valence-electron chi connectivity index (χ4n) is 8.66. The molecule has 8 aromatic rings. The molecule has 0 aliphatic heterocycles. The molecule has 0 unspecified atom stereocenters. The lowest BCUT2D eigenvalue weighted by molar-refractivity contribution is 0.660. The molecule has 0 aromatic heterocycles. The van der Waals surface area contributed by atoms with Crippen molar-refractivity contribution in [1.82, 2.24) is 0 Å². The highest BCUT2D eigenvalue weighted by atomic mass is 15.1. The van der Waals surface area contributed by atoms with Crippen molar-refractivity contribution >= 4 is 39.7 Å². The van der Waals surface area contributed by atoms with Gasteiger partial charge in [0.2, 0.25) is 0 Å². The summed E-state index contributed by atoms with van der Waals surface area (Å²) >= 11 is 0. The molecule has 0 fully saturated rings. The SMILES string of the molecule is C=C/C=C(\C=C)c1ccc(N(c2ccc(-c3ccc(N(c4ccccc4)c4ccccc4)cc3)c(-c3ccccc3)c2)c2ccc3c(c2)C(C)(C)c2ccccc2-3)cc1. The Balaban J connectivity index is 1.18. The summed E-state index contributed by atoms with van der Waals surface area (Å²) in [5, 5.41) is 0. The van der Waals surface area contributed by atoms with Crippen LogP contribution in [0.5, 0.6) is 0 Å². The van der Waals surface area contributed by atoms with Crippen LogP contribution in [0.3, 0.4) is 0 Å². The maximum atomic E-state index is 4.06. The predicted octanol–water partition coefficient (Wildman–Crippen LogP) is 16.0. The molecule has 0 saturated carbocycles. The molecule has 0 radical (unpaired) electrons. The fraction of sp³-hybridized carbons (Fsp3) is 0.0526. The van der Waals surface area contributed by atoms with Crippen LogP contribution in [0.15, 0.2) is 232 Å². The summed E-state index contributed by atoms with van der Waals surface area (Å²) in [4.78, 5) is 4.70. The zero-order valence-electron chi connectivity index (χ0n) is 33.6. The van der Waals surface area contributed by atoms with Crippen molar-refractivity contribution in [3.8, 4) is 33.4 Å². The second-order valence-corrected chi connectivity index (χ2v) is 15.5. The van der Waals surface area contributed by atoms with E-state index in [4.69, 9.17) is 0 Å². The van der Waals surface area contributed by atoms with E-state index in [2.05, 4.69) is 237 Å². The van der Waals surface area contributed by atoms with Crippen LogP contribution in [0.4, 0.5) is 34.1 Å². The van der Waals surface area contributed by atoms with E-state index in [0.29, 0.717) is 0 Å². The molecule has 0 bridgehead atoms. The molecule has 284 valence electrons. The third-order valence-electron chi connectivity index (χ3n) is 11.6. The van der Waals surface area contributed by atoms with Crippen LogP contribution in [0, 0.1) is 0 Å². The lowest BCUT2D eigenvalue weighted by Crippen LogP contribution is -2.16. The van der Waals surface area contributed by atoms with Gasteiger partial charge in [0.15, 0.2) is 0 Å². The Labute approximate surface area is 349 Å². The monoisotopic (exact) mass is 758 g/mol. The lowest BCUT2D eigenvalue weighted by atomic mass is 9.82. The van der Waals surface area contributed by atoms with Gasteiger partial charge in [0.25, 0.3) is 0 Å². The minimum absolute atomic E-state index is 0.131. The van der Waals surface area contributed by atoms with E-state index in [9.17, 15) is 0 Å². The van der Waals surface area contributed by atoms with E-state index >= 15 is 0 Å². The summed E-state index contributed by atoms with van der Waals surface area (Å²) in [6, 6.07) is 72.3. The van der Waals surface area contributed by atoms with Crippen LogP contribution in [0.25, 0.3) is 39.0 Å². The van der Waals surface area contributed by atoms with Gasteiger partial charge in [-0.15, -0.1) is 0 Å². The molecule has 9 rings (SSSR count). The standard InChI is InChI=1S/C57H46N2/c1-5-18-41(6-2)42-27-31-48(32-28-42)59(50-36-38-53-52-25-16-17-26-55(52)57(3,4)56(53)40-50)49-35-37-51(54(39-49)43-19-10-7-11-20-43)44-29-33-47(34-30-44)58(45-21-12-8-13-22-45)46-23-14-9-15-24-46/h5-40H,1-2H2,3-4H3/b41-18+. The second-order valence-electron chi connectivity index (χ2n) is 15.5. The highest BCUT2D eigenvalue weighted by Crippen LogP contribution is 2.51. The Morgan fingerprint density at radius 1 is 0.407 bits per heavy atom. The molecule has 0 amide bonds. The Morgan fingerprint density at radius 2 is 0.864 bits per heavy atom. The normalized spacial score (nSPS) is 12.6. The number of nitrogens with zero attached hydrogens (tertiary/aromatic N) is 2. The number of benzene rings is 8. The van der Waals surface area contributed by atoms with Crippen LogP contribution in [-0.4, -0.2) is 0 Å². The van der Waals surface area contributed by atoms with Crippen LogP contribution in [0.1, 0.15) is 30.5 Å². The Morgan fingerprint density at radius 3 is 1.47 bits per heavy atom. The van der Waals surface area contributed by atoms with Crippen LogP contribution < -0.4 is 9.80 Å². The van der Waals surface area contributed by atoms with Crippen LogP contribution in [-0.2, 0) is 5.41 Å². The van der Waals surface area contributed by atoms with E-state index in [1.807, 2.05) is 18.2 Å². The Kier molecular flexibility index (Phi) is 9.98. The number of anilines is 6. The molecule has 0 saturated heterocycles. The number of fused-ring (bicyclic) bond motifs is 3. The lowest BCUT2D eigenvalue weighted by Gasteiger charge is -2.29. The molecule has 1 aliphatic carbocycles. The van der Waals surface area contributed by atoms with Gasteiger partial charge in [0, 0.05) is 39.5 Å². The predicted molar refractivity (Wildman–Crippen MR) is 253 cm³/mol. The summed E-state index contributed by atoms with van der Waals surface area (Å²) in [5.41, 5.74) is 18.6. The van der Waals surface area contributed by atoms with Crippen molar-refractivity contribution in [3.63, 3.8) is 0 Å². The van der Waals surface area contributed by atoms with Gasteiger partial charge >= 0.3 is 0 Å². The minimum Gasteiger partial charge on any atom is -0.311 e. The summed E-state index contributed by atoms with van der Waals surface area (Å²) in [6.07, 6.45) is 5.69. The van der Waals surface area contributed by atoms with Gasteiger partial charge in [-0.2, -0.15) is 0 Å². The summed E-state index contributed by atoms with van der Waals surface area (Å²) in [5.74, 6) is 0. The molecule has 0 atom stereocenters. The number of para-hydroxylation sites is 2. The third kappa shape index (κ3) is 7.00. The zero-order valence-corrected chi connectivity index (χ0v) is 33.6. The molecular weight excluding hydrogens is 713 g/mol. The van der Waals surface area contributed by atoms with Crippen LogP contribution in [0.2, 0.25) is 0 Å². The maximum absolute atomic E-state index is 4.06. The summed E-state index contributed by atoms with van der Waals surface area (Å²) in [7, 11) is 0. The average molecular weight is 759 g/mol.